The van der Waals surface area contributed by atoms with Crippen LogP contribution in [0, 0.1) is 0 Å². The van der Waals surface area contributed by atoms with Crippen LogP contribution in [0.3, 0.4) is 0 Å². The number of sulfonamides is 1. The number of halogens is 1. The highest BCUT2D eigenvalue weighted by molar-refractivity contribution is 7.92. The highest BCUT2D eigenvalue weighted by atomic mass is 35.5. The molecule has 1 aromatic carbocycles. The van der Waals surface area contributed by atoms with E-state index >= 15 is 0 Å². The van der Waals surface area contributed by atoms with Crippen LogP contribution in [-0.2, 0) is 19.6 Å². The fourth-order valence-electron chi connectivity index (χ4n) is 2.39. The third-order valence-corrected chi connectivity index (χ3v) is 5.17. The van der Waals surface area contributed by atoms with Crippen LogP contribution < -0.4 is 14.4 Å². The number of anilines is 1. The van der Waals surface area contributed by atoms with E-state index < -0.39 is 10.0 Å². The summed E-state index contributed by atoms with van der Waals surface area (Å²) < 4.78 is 35.9. The second-order valence-electron chi connectivity index (χ2n) is 6.38. The van der Waals surface area contributed by atoms with Crippen molar-refractivity contribution in [2.75, 3.05) is 37.4 Å². The fraction of sp³-hybridized carbons (Fsp3) is 0.611. The maximum Gasteiger partial charge on any atom is 0.232 e. The Morgan fingerprint density at radius 3 is 2.56 bits per heavy atom. The number of methoxy groups -OCH3 is 1. The zero-order valence-electron chi connectivity index (χ0n) is 16.3. The molecular weight excluding hydrogens is 392 g/mol. The molecule has 0 aromatic heterocycles. The SMILES string of the molecule is COc1ccc(N(CCCC(=O)NCCCOC(C)C)S(C)(=O)=O)cc1Cl. The van der Waals surface area contributed by atoms with Gasteiger partial charge in [-0.2, -0.15) is 0 Å². The molecule has 9 heteroatoms. The normalized spacial score (nSPS) is 11.5. The summed E-state index contributed by atoms with van der Waals surface area (Å²) in [6, 6.07) is 4.78. The molecule has 1 rings (SSSR count). The zero-order valence-corrected chi connectivity index (χ0v) is 17.9. The summed E-state index contributed by atoms with van der Waals surface area (Å²) >= 11 is 6.09. The first-order valence-electron chi connectivity index (χ1n) is 8.84. The van der Waals surface area contributed by atoms with Gasteiger partial charge in [0.25, 0.3) is 0 Å². The Hall–Kier alpha value is -1.51. The molecule has 0 aliphatic carbocycles. The van der Waals surface area contributed by atoms with Gasteiger partial charge in [0.15, 0.2) is 0 Å². The molecular formula is C18H29ClN2O5S. The molecule has 0 spiro atoms. The first-order chi connectivity index (χ1) is 12.6. The number of hydrogen-bond donors (Lipinski definition) is 1. The molecule has 1 aromatic rings. The van der Waals surface area contributed by atoms with Crippen LogP contribution in [0.1, 0.15) is 33.1 Å². The van der Waals surface area contributed by atoms with Gasteiger partial charge in [0.2, 0.25) is 15.9 Å². The number of benzene rings is 1. The Balaban J connectivity index is 2.52. The Kier molecular flexibility index (Phi) is 9.90. The standard InChI is InChI=1S/C18H29ClN2O5S/c1-14(2)26-12-6-10-20-18(22)7-5-11-21(27(4,23)24)15-8-9-17(25-3)16(19)13-15/h8-9,13-14H,5-7,10-12H2,1-4H3,(H,20,22). The van der Waals surface area contributed by atoms with E-state index in [-0.39, 0.29) is 25.0 Å². The number of rotatable bonds is 12. The van der Waals surface area contributed by atoms with Crippen LogP contribution in [0.25, 0.3) is 0 Å². The summed E-state index contributed by atoms with van der Waals surface area (Å²) in [6.07, 6.45) is 2.67. The van der Waals surface area contributed by atoms with Gasteiger partial charge < -0.3 is 14.8 Å². The molecule has 1 N–H and O–H groups in total. The van der Waals surface area contributed by atoms with Gasteiger partial charge in [-0.25, -0.2) is 8.42 Å². The molecule has 0 saturated carbocycles. The predicted octanol–water partition coefficient (Wildman–Crippen LogP) is 2.83. The van der Waals surface area contributed by atoms with Gasteiger partial charge in [-0.05, 0) is 44.9 Å². The molecule has 0 bridgehead atoms. The van der Waals surface area contributed by atoms with E-state index in [9.17, 15) is 13.2 Å². The lowest BCUT2D eigenvalue weighted by atomic mass is 10.2. The van der Waals surface area contributed by atoms with Crippen molar-refractivity contribution in [1.82, 2.24) is 5.32 Å². The van der Waals surface area contributed by atoms with Gasteiger partial charge in [-0.1, -0.05) is 11.6 Å². The summed E-state index contributed by atoms with van der Waals surface area (Å²) in [5.41, 5.74) is 0.439. The first kappa shape index (κ1) is 23.5. The monoisotopic (exact) mass is 420 g/mol. The molecule has 0 radical (unpaired) electrons. The Morgan fingerprint density at radius 1 is 1.30 bits per heavy atom. The van der Waals surface area contributed by atoms with Crippen molar-refractivity contribution >= 4 is 33.2 Å². The smallest absolute Gasteiger partial charge is 0.232 e. The number of carbonyl (C=O) groups excluding carboxylic acids is 1. The van der Waals surface area contributed by atoms with Crippen molar-refractivity contribution in [3.05, 3.63) is 23.2 Å². The molecule has 0 atom stereocenters. The third-order valence-electron chi connectivity index (χ3n) is 3.68. The van der Waals surface area contributed by atoms with Gasteiger partial charge in [-0.15, -0.1) is 0 Å². The topological polar surface area (TPSA) is 84.9 Å². The number of nitrogens with zero attached hydrogens (tertiary/aromatic N) is 1. The number of carbonyl (C=O) groups is 1. The summed E-state index contributed by atoms with van der Waals surface area (Å²) in [7, 11) is -2.01. The summed E-state index contributed by atoms with van der Waals surface area (Å²) in [6.45, 7) is 5.24. The van der Waals surface area contributed by atoms with Crippen molar-refractivity contribution in [2.24, 2.45) is 0 Å². The molecule has 0 heterocycles. The largest absolute Gasteiger partial charge is 0.495 e. The van der Waals surface area contributed by atoms with Crippen molar-refractivity contribution in [3.8, 4) is 5.75 Å². The Labute approximate surface area is 167 Å². The highest BCUT2D eigenvalue weighted by Gasteiger charge is 2.18. The average molecular weight is 421 g/mol. The second-order valence-corrected chi connectivity index (χ2v) is 8.69. The van der Waals surface area contributed by atoms with Gasteiger partial charge in [0.1, 0.15) is 5.75 Å². The lowest BCUT2D eigenvalue weighted by molar-refractivity contribution is -0.121. The highest BCUT2D eigenvalue weighted by Crippen LogP contribution is 2.30. The third kappa shape index (κ3) is 8.81. The average Bonchev–Trinajstić information content (AvgIpc) is 2.57. The van der Waals surface area contributed by atoms with Crippen molar-refractivity contribution in [2.45, 2.75) is 39.2 Å². The maximum absolute atomic E-state index is 12.1. The number of amides is 1. The first-order valence-corrected chi connectivity index (χ1v) is 11.1. The van der Waals surface area contributed by atoms with Gasteiger partial charge >= 0.3 is 0 Å². The number of hydrogen-bond acceptors (Lipinski definition) is 5. The maximum atomic E-state index is 12.1. The van der Waals surface area contributed by atoms with Crippen LogP contribution in [0.2, 0.25) is 5.02 Å². The minimum absolute atomic E-state index is 0.110. The molecule has 0 aliphatic rings. The fourth-order valence-corrected chi connectivity index (χ4v) is 3.60. The van der Waals surface area contributed by atoms with E-state index in [4.69, 9.17) is 21.1 Å². The minimum Gasteiger partial charge on any atom is -0.495 e. The lowest BCUT2D eigenvalue weighted by Crippen LogP contribution is -2.32. The van der Waals surface area contributed by atoms with Gasteiger partial charge in [0.05, 0.1) is 30.2 Å². The van der Waals surface area contributed by atoms with Crippen LogP contribution in [-0.4, -0.2) is 53.5 Å². The molecule has 0 aliphatic heterocycles. The van der Waals surface area contributed by atoms with E-state index in [0.29, 0.717) is 36.0 Å². The van der Waals surface area contributed by atoms with Crippen LogP contribution in [0.15, 0.2) is 18.2 Å². The molecule has 154 valence electrons. The van der Waals surface area contributed by atoms with E-state index in [1.807, 2.05) is 13.8 Å². The Bertz CT molecular complexity index is 710. The zero-order chi connectivity index (χ0) is 20.4. The van der Waals surface area contributed by atoms with Crippen molar-refractivity contribution in [3.63, 3.8) is 0 Å². The molecule has 0 fully saturated rings. The second kappa shape index (κ2) is 11.4. The van der Waals surface area contributed by atoms with Crippen LogP contribution in [0.5, 0.6) is 5.75 Å². The quantitative estimate of drug-likeness (QED) is 0.525. The Morgan fingerprint density at radius 2 is 2.00 bits per heavy atom. The lowest BCUT2D eigenvalue weighted by Gasteiger charge is -2.23. The van der Waals surface area contributed by atoms with Crippen LogP contribution in [0.4, 0.5) is 5.69 Å². The van der Waals surface area contributed by atoms with E-state index in [0.717, 1.165) is 12.7 Å². The summed E-state index contributed by atoms with van der Waals surface area (Å²) in [5.74, 6) is 0.357. The van der Waals surface area contributed by atoms with Gasteiger partial charge in [-0.3, -0.25) is 9.10 Å². The van der Waals surface area contributed by atoms with Crippen molar-refractivity contribution in [1.29, 1.82) is 0 Å². The summed E-state index contributed by atoms with van der Waals surface area (Å²) in [4.78, 5) is 11.9. The van der Waals surface area contributed by atoms with Crippen molar-refractivity contribution < 1.29 is 22.7 Å². The molecule has 27 heavy (non-hydrogen) atoms. The minimum atomic E-state index is -3.50. The predicted molar refractivity (Wildman–Crippen MR) is 108 cm³/mol. The van der Waals surface area contributed by atoms with E-state index in [1.165, 1.54) is 17.5 Å². The molecule has 7 nitrogen and oxygen atoms in total. The number of ether oxygens (including phenoxy) is 2. The van der Waals surface area contributed by atoms with E-state index in [1.54, 1.807) is 12.1 Å². The van der Waals surface area contributed by atoms with E-state index in [2.05, 4.69) is 5.32 Å². The number of nitrogens with one attached hydrogen (secondary N) is 1. The molecule has 0 unspecified atom stereocenters. The van der Waals surface area contributed by atoms with Crippen LogP contribution >= 0.6 is 11.6 Å². The summed E-state index contributed by atoms with van der Waals surface area (Å²) in [5, 5.41) is 3.13. The molecule has 1 amide bonds. The molecule has 0 saturated heterocycles. The van der Waals surface area contributed by atoms with Gasteiger partial charge in [0, 0.05) is 26.1 Å².